The molecule has 2 rings (SSSR count). The predicted octanol–water partition coefficient (Wildman–Crippen LogP) is 1.10. The molecule has 1 aromatic rings. The molecule has 0 atom stereocenters. The first-order chi connectivity index (χ1) is 12.8. The van der Waals surface area contributed by atoms with Crippen LogP contribution >= 0.6 is 0 Å². The van der Waals surface area contributed by atoms with E-state index in [4.69, 9.17) is 29.3 Å². The van der Waals surface area contributed by atoms with Crippen molar-refractivity contribution in [1.29, 1.82) is 0 Å². The predicted molar refractivity (Wildman–Crippen MR) is 101 cm³/mol. The summed E-state index contributed by atoms with van der Waals surface area (Å²) in [6, 6.07) is 6.26. The van der Waals surface area contributed by atoms with Crippen molar-refractivity contribution in [1.82, 2.24) is 9.80 Å². The van der Waals surface area contributed by atoms with Crippen LogP contribution in [0.4, 0.5) is 0 Å². The fraction of sp³-hybridized carbons (Fsp3) is 0.579. The number of carboxylic acid groups (broad SMARTS) is 2. The van der Waals surface area contributed by atoms with E-state index < -0.39 is 11.9 Å². The number of aliphatic carboxylic acids is 2. The number of hydrogen-bond acceptors (Lipinski definition) is 6. The van der Waals surface area contributed by atoms with Crippen LogP contribution in [-0.2, 0) is 14.3 Å². The van der Waals surface area contributed by atoms with Crippen LogP contribution in [0.5, 0.6) is 5.75 Å². The molecule has 2 N–H and O–H groups in total. The molecule has 152 valence electrons. The topological polar surface area (TPSA) is 99.5 Å². The van der Waals surface area contributed by atoms with Gasteiger partial charge in [-0.2, -0.15) is 0 Å². The molecule has 0 aliphatic carbocycles. The fourth-order valence-electron chi connectivity index (χ4n) is 2.54. The van der Waals surface area contributed by atoms with Crippen LogP contribution in [0.2, 0.25) is 0 Å². The summed E-state index contributed by atoms with van der Waals surface area (Å²) in [5, 5.41) is 14.8. The summed E-state index contributed by atoms with van der Waals surface area (Å²) in [5.41, 5.74) is 2.45. The Morgan fingerprint density at radius 2 is 1.63 bits per heavy atom. The number of piperazine rings is 1. The zero-order valence-corrected chi connectivity index (χ0v) is 16.3. The highest BCUT2D eigenvalue weighted by Crippen LogP contribution is 2.18. The Hall–Kier alpha value is -2.16. The van der Waals surface area contributed by atoms with Crippen molar-refractivity contribution < 1.29 is 29.3 Å². The van der Waals surface area contributed by atoms with E-state index in [0.29, 0.717) is 13.2 Å². The number of nitrogens with zero attached hydrogens (tertiary/aromatic N) is 2. The highest BCUT2D eigenvalue weighted by atomic mass is 16.5. The number of carboxylic acids is 2. The second-order valence-corrected chi connectivity index (χ2v) is 6.49. The van der Waals surface area contributed by atoms with Crippen LogP contribution in [0.3, 0.4) is 0 Å². The molecule has 8 nitrogen and oxygen atoms in total. The molecule has 0 bridgehead atoms. The quantitative estimate of drug-likeness (QED) is 0.534. The number of rotatable bonds is 7. The molecule has 1 saturated heterocycles. The molecule has 1 aliphatic rings. The minimum atomic E-state index is -1.82. The number of aryl methyl sites for hydroxylation is 2. The van der Waals surface area contributed by atoms with Crippen molar-refractivity contribution in [2.24, 2.45) is 0 Å². The SMILES string of the molecule is Cc1ccc(OCCOCCN2CCN(C)CC2)c(C)c1.O=C(O)C(=O)O. The first kappa shape index (κ1) is 22.9. The first-order valence-electron chi connectivity index (χ1n) is 8.94. The fourth-order valence-corrected chi connectivity index (χ4v) is 2.54. The Morgan fingerprint density at radius 1 is 1.00 bits per heavy atom. The third-order valence-corrected chi connectivity index (χ3v) is 4.15. The second kappa shape index (κ2) is 12.3. The lowest BCUT2D eigenvalue weighted by Gasteiger charge is -2.32. The summed E-state index contributed by atoms with van der Waals surface area (Å²) >= 11 is 0. The van der Waals surface area contributed by atoms with Crippen molar-refractivity contribution in [3.05, 3.63) is 29.3 Å². The monoisotopic (exact) mass is 382 g/mol. The third kappa shape index (κ3) is 9.93. The molecule has 0 aromatic heterocycles. The lowest BCUT2D eigenvalue weighted by atomic mass is 10.1. The molecule has 0 radical (unpaired) electrons. The van der Waals surface area contributed by atoms with Gasteiger partial charge >= 0.3 is 11.9 Å². The van der Waals surface area contributed by atoms with Gasteiger partial charge in [-0.1, -0.05) is 17.7 Å². The van der Waals surface area contributed by atoms with E-state index in [9.17, 15) is 0 Å². The standard InChI is InChI=1S/C17H28N2O2.C2H2O4/c1-15-4-5-17(16(2)14-15)21-13-12-20-11-10-19-8-6-18(3)7-9-19;3-1(4)2(5)6/h4-5,14H,6-13H2,1-3H3;(H,3,4)(H,5,6). The molecular weight excluding hydrogens is 352 g/mol. The van der Waals surface area contributed by atoms with Crippen LogP contribution in [0, 0.1) is 13.8 Å². The third-order valence-electron chi connectivity index (χ3n) is 4.15. The molecule has 0 unspecified atom stereocenters. The van der Waals surface area contributed by atoms with Crippen LogP contribution in [0.15, 0.2) is 18.2 Å². The van der Waals surface area contributed by atoms with Crippen molar-refractivity contribution in [2.45, 2.75) is 13.8 Å². The van der Waals surface area contributed by atoms with E-state index in [1.165, 1.54) is 11.1 Å². The molecule has 1 heterocycles. The van der Waals surface area contributed by atoms with Gasteiger partial charge in [-0.3, -0.25) is 4.90 Å². The highest BCUT2D eigenvalue weighted by Gasteiger charge is 2.12. The Labute approximate surface area is 160 Å². The van der Waals surface area contributed by atoms with Crippen LogP contribution < -0.4 is 4.74 Å². The lowest BCUT2D eigenvalue weighted by Crippen LogP contribution is -2.45. The van der Waals surface area contributed by atoms with Crippen molar-refractivity contribution in [2.75, 3.05) is 59.6 Å². The average molecular weight is 382 g/mol. The minimum absolute atomic E-state index is 0.618. The van der Waals surface area contributed by atoms with Crippen LogP contribution in [0.25, 0.3) is 0 Å². The molecular formula is C19H30N2O6. The highest BCUT2D eigenvalue weighted by molar-refractivity contribution is 6.27. The molecule has 27 heavy (non-hydrogen) atoms. The number of benzene rings is 1. The van der Waals surface area contributed by atoms with Crippen LogP contribution in [0.1, 0.15) is 11.1 Å². The van der Waals surface area contributed by atoms with E-state index in [0.717, 1.165) is 45.1 Å². The van der Waals surface area contributed by atoms with E-state index in [-0.39, 0.29) is 0 Å². The summed E-state index contributed by atoms with van der Waals surface area (Å²) in [6.07, 6.45) is 0. The lowest BCUT2D eigenvalue weighted by molar-refractivity contribution is -0.159. The maximum absolute atomic E-state index is 9.10. The van der Waals surface area contributed by atoms with Gasteiger partial charge in [-0.15, -0.1) is 0 Å². The smallest absolute Gasteiger partial charge is 0.414 e. The van der Waals surface area contributed by atoms with Gasteiger partial charge in [0.05, 0.1) is 13.2 Å². The van der Waals surface area contributed by atoms with Crippen LogP contribution in [-0.4, -0.2) is 91.5 Å². The zero-order valence-electron chi connectivity index (χ0n) is 16.3. The summed E-state index contributed by atoms with van der Waals surface area (Å²) in [4.78, 5) is 23.0. The van der Waals surface area contributed by atoms with Gasteiger partial charge in [-0.05, 0) is 32.5 Å². The normalized spacial score (nSPS) is 14.9. The van der Waals surface area contributed by atoms with E-state index >= 15 is 0 Å². The maximum atomic E-state index is 9.10. The van der Waals surface area contributed by atoms with Crippen molar-refractivity contribution >= 4 is 11.9 Å². The van der Waals surface area contributed by atoms with Crippen molar-refractivity contribution in [3.63, 3.8) is 0 Å². The summed E-state index contributed by atoms with van der Waals surface area (Å²) in [6.45, 7) is 11.9. The molecule has 8 heteroatoms. The summed E-state index contributed by atoms with van der Waals surface area (Å²) in [5.74, 6) is -2.69. The second-order valence-electron chi connectivity index (χ2n) is 6.49. The zero-order chi connectivity index (χ0) is 20.2. The molecule has 1 fully saturated rings. The molecule has 0 saturated carbocycles. The van der Waals surface area contributed by atoms with E-state index in [2.05, 4.69) is 42.8 Å². The maximum Gasteiger partial charge on any atom is 0.414 e. The van der Waals surface area contributed by atoms with E-state index in [1.54, 1.807) is 0 Å². The Bertz CT molecular complexity index is 588. The Morgan fingerprint density at radius 3 is 2.19 bits per heavy atom. The summed E-state index contributed by atoms with van der Waals surface area (Å²) < 4.78 is 11.4. The molecule has 1 aliphatic heterocycles. The van der Waals surface area contributed by atoms with Gasteiger partial charge in [0.1, 0.15) is 12.4 Å². The molecule has 0 amide bonds. The van der Waals surface area contributed by atoms with Gasteiger partial charge in [0.25, 0.3) is 0 Å². The number of carbonyl (C=O) groups is 2. The van der Waals surface area contributed by atoms with Gasteiger partial charge in [0, 0.05) is 32.7 Å². The number of hydrogen-bond donors (Lipinski definition) is 2. The van der Waals surface area contributed by atoms with Crippen molar-refractivity contribution in [3.8, 4) is 5.75 Å². The largest absolute Gasteiger partial charge is 0.491 e. The van der Waals surface area contributed by atoms with Gasteiger partial charge in [0.15, 0.2) is 0 Å². The van der Waals surface area contributed by atoms with Gasteiger partial charge in [0.2, 0.25) is 0 Å². The summed E-state index contributed by atoms with van der Waals surface area (Å²) in [7, 11) is 2.18. The van der Waals surface area contributed by atoms with Gasteiger partial charge < -0.3 is 24.6 Å². The number of ether oxygens (including phenoxy) is 2. The Kier molecular flexibility index (Phi) is 10.4. The minimum Gasteiger partial charge on any atom is -0.491 e. The average Bonchev–Trinajstić information content (AvgIpc) is 2.61. The van der Waals surface area contributed by atoms with Gasteiger partial charge in [-0.25, -0.2) is 9.59 Å². The van der Waals surface area contributed by atoms with E-state index in [1.807, 2.05) is 6.07 Å². The first-order valence-corrected chi connectivity index (χ1v) is 8.94. The number of likely N-dealkylation sites (N-methyl/N-ethyl adjacent to an activating group) is 1. The molecule has 0 spiro atoms. The molecule has 1 aromatic carbocycles. The Balaban J connectivity index is 0.000000527.